The molecule has 1 aliphatic heterocycles. The molecule has 0 atom stereocenters. The summed E-state index contributed by atoms with van der Waals surface area (Å²) in [4.78, 5) is 27.1. The van der Waals surface area contributed by atoms with Gasteiger partial charge < -0.3 is 20.3 Å². The van der Waals surface area contributed by atoms with E-state index in [1.807, 2.05) is 29.2 Å². The first-order chi connectivity index (χ1) is 14.9. The van der Waals surface area contributed by atoms with Crippen molar-refractivity contribution in [1.29, 1.82) is 0 Å². The van der Waals surface area contributed by atoms with Crippen LogP contribution in [0.2, 0.25) is 0 Å². The van der Waals surface area contributed by atoms with E-state index in [1.54, 1.807) is 24.3 Å². The van der Waals surface area contributed by atoms with Crippen LogP contribution in [0.1, 0.15) is 44.0 Å². The SMILES string of the molecule is CC(C)COc1cccc(NCC(=O)Nc2cccc(C(=O)N3CCC(C)CC3)c2)c1. The fourth-order valence-electron chi connectivity index (χ4n) is 3.47. The number of nitrogens with zero attached hydrogens (tertiary/aromatic N) is 1. The second-order valence-electron chi connectivity index (χ2n) is 8.69. The number of likely N-dealkylation sites (tertiary alicyclic amines) is 1. The van der Waals surface area contributed by atoms with E-state index in [0.717, 1.165) is 37.4 Å². The number of piperidine rings is 1. The third-order valence-electron chi connectivity index (χ3n) is 5.33. The van der Waals surface area contributed by atoms with Gasteiger partial charge in [0.2, 0.25) is 5.91 Å². The molecule has 0 bridgehead atoms. The molecule has 1 aliphatic rings. The summed E-state index contributed by atoms with van der Waals surface area (Å²) >= 11 is 0. The molecule has 0 aliphatic carbocycles. The number of ether oxygens (including phenoxy) is 1. The molecular formula is C25H33N3O3. The van der Waals surface area contributed by atoms with E-state index in [2.05, 4.69) is 31.4 Å². The monoisotopic (exact) mass is 423 g/mol. The quantitative estimate of drug-likeness (QED) is 0.649. The van der Waals surface area contributed by atoms with Crippen molar-refractivity contribution >= 4 is 23.2 Å². The van der Waals surface area contributed by atoms with Gasteiger partial charge in [-0.15, -0.1) is 0 Å². The van der Waals surface area contributed by atoms with Crippen LogP contribution in [0, 0.1) is 11.8 Å². The molecule has 2 amide bonds. The van der Waals surface area contributed by atoms with Gasteiger partial charge in [0.1, 0.15) is 5.75 Å². The molecule has 6 heteroatoms. The minimum absolute atomic E-state index is 0.0272. The predicted molar refractivity (Wildman–Crippen MR) is 125 cm³/mol. The van der Waals surface area contributed by atoms with Gasteiger partial charge in [0.05, 0.1) is 13.2 Å². The zero-order valence-corrected chi connectivity index (χ0v) is 18.7. The van der Waals surface area contributed by atoms with Gasteiger partial charge >= 0.3 is 0 Å². The maximum atomic E-state index is 12.8. The van der Waals surface area contributed by atoms with Gasteiger partial charge in [-0.1, -0.05) is 32.9 Å². The molecule has 31 heavy (non-hydrogen) atoms. The van der Waals surface area contributed by atoms with E-state index >= 15 is 0 Å². The molecule has 2 N–H and O–H groups in total. The zero-order valence-electron chi connectivity index (χ0n) is 18.7. The Hall–Kier alpha value is -3.02. The zero-order chi connectivity index (χ0) is 22.2. The first kappa shape index (κ1) is 22.7. The van der Waals surface area contributed by atoms with Crippen molar-refractivity contribution in [2.45, 2.75) is 33.6 Å². The lowest BCUT2D eigenvalue weighted by molar-refractivity contribution is -0.114. The Kier molecular flexibility index (Phi) is 7.93. The predicted octanol–water partition coefficient (Wildman–Crippen LogP) is 4.64. The van der Waals surface area contributed by atoms with E-state index in [-0.39, 0.29) is 18.4 Å². The molecule has 0 saturated carbocycles. The summed E-state index contributed by atoms with van der Waals surface area (Å²) in [6, 6.07) is 14.7. The highest BCUT2D eigenvalue weighted by Crippen LogP contribution is 2.20. The molecule has 0 unspecified atom stereocenters. The van der Waals surface area contributed by atoms with Crippen LogP contribution in [0.5, 0.6) is 5.75 Å². The third kappa shape index (κ3) is 7.02. The third-order valence-corrected chi connectivity index (χ3v) is 5.33. The lowest BCUT2D eigenvalue weighted by atomic mass is 9.98. The van der Waals surface area contributed by atoms with Crippen molar-refractivity contribution in [1.82, 2.24) is 4.90 Å². The topological polar surface area (TPSA) is 70.7 Å². The van der Waals surface area contributed by atoms with Gasteiger partial charge in [-0.2, -0.15) is 0 Å². The van der Waals surface area contributed by atoms with E-state index in [0.29, 0.717) is 29.7 Å². The van der Waals surface area contributed by atoms with Crippen molar-refractivity contribution in [3.05, 3.63) is 54.1 Å². The van der Waals surface area contributed by atoms with Crippen molar-refractivity contribution in [3.8, 4) is 5.75 Å². The largest absolute Gasteiger partial charge is 0.493 e. The van der Waals surface area contributed by atoms with Crippen molar-refractivity contribution < 1.29 is 14.3 Å². The van der Waals surface area contributed by atoms with Crippen LogP contribution >= 0.6 is 0 Å². The van der Waals surface area contributed by atoms with Crippen LogP contribution in [-0.4, -0.2) is 43.0 Å². The number of anilines is 2. The normalized spacial score (nSPS) is 14.4. The molecule has 3 rings (SSSR count). The Labute approximate surface area is 185 Å². The fourth-order valence-corrected chi connectivity index (χ4v) is 3.47. The summed E-state index contributed by atoms with van der Waals surface area (Å²) in [5.41, 5.74) is 2.05. The maximum absolute atomic E-state index is 12.8. The summed E-state index contributed by atoms with van der Waals surface area (Å²) in [5, 5.41) is 5.99. The van der Waals surface area contributed by atoms with Gasteiger partial charge in [0.25, 0.3) is 5.91 Å². The number of benzene rings is 2. The molecule has 0 spiro atoms. The lowest BCUT2D eigenvalue weighted by Crippen LogP contribution is -2.37. The number of hydrogen-bond donors (Lipinski definition) is 2. The molecule has 2 aromatic carbocycles. The van der Waals surface area contributed by atoms with Crippen LogP contribution in [0.15, 0.2) is 48.5 Å². The van der Waals surface area contributed by atoms with Crippen molar-refractivity contribution in [2.75, 3.05) is 36.9 Å². The molecule has 6 nitrogen and oxygen atoms in total. The Morgan fingerprint density at radius 1 is 1.06 bits per heavy atom. The number of hydrogen-bond acceptors (Lipinski definition) is 4. The van der Waals surface area contributed by atoms with Crippen LogP contribution in [0.3, 0.4) is 0 Å². The molecule has 166 valence electrons. The molecule has 1 heterocycles. The average molecular weight is 424 g/mol. The first-order valence-corrected chi connectivity index (χ1v) is 11.1. The summed E-state index contributed by atoms with van der Waals surface area (Å²) in [6.45, 7) is 8.77. The van der Waals surface area contributed by atoms with Gasteiger partial charge in [-0.25, -0.2) is 0 Å². The Morgan fingerprint density at radius 2 is 1.77 bits per heavy atom. The Bertz CT molecular complexity index is 889. The minimum atomic E-state index is -0.176. The number of rotatable bonds is 8. The summed E-state index contributed by atoms with van der Waals surface area (Å²) in [5.74, 6) is 1.75. The van der Waals surface area contributed by atoms with Crippen molar-refractivity contribution in [2.24, 2.45) is 11.8 Å². The maximum Gasteiger partial charge on any atom is 0.253 e. The lowest BCUT2D eigenvalue weighted by Gasteiger charge is -2.30. The van der Waals surface area contributed by atoms with Crippen LogP contribution in [-0.2, 0) is 4.79 Å². The second kappa shape index (κ2) is 10.8. The van der Waals surface area contributed by atoms with E-state index in [4.69, 9.17) is 4.74 Å². The van der Waals surface area contributed by atoms with Gasteiger partial charge in [0, 0.05) is 36.1 Å². The Balaban J connectivity index is 1.52. The standard InChI is InChI=1S/C25H33N3O3/c1-18(2)17-31-23-9-5-7-21(15-23)26-16-24(29)27-22-8-4-6-20(14-22)25(30)28-12-10-19(3)11-13-28/h4-9,14-15,18-19,26H,10-13,16-17H2,1-3H3,(H,27,29). The molecule has 1 saturated heterocycles. The van der Waals surface area contributed by atoms with Gasteiger partial charge in [-0.3, -0.25) is 9.59 Å². The smallest absolute Gasteiger partial charge is 0.253 e. The van der Waals surface area contributed by atoms with Crippen LogP contribution in [0.4, 0.5) is 11.4 Å². The number of carbonyl (C=O) groups excluding carboxylic acids is 2. The van der Waals surface area contributed by atoms with Gasteiger partial charge in [-0.05, 0) is 55.0 Å². The average Bonchev–Trinajstić information content (AvgIpc) is 2.77. The van der Waals surface area contributed by atoms with E-state index in [9.17, 15) is 9.59 Å². The molecular weight excluding hydrogens is 390 g/mol. The van der Waals surface area contributed by atoms with E-state index < -0.39 is 0 Å². The number of amides is 2. The minimum Gasteiger partial charge on any atom is -0.493 e. The molecule has 1 fully saturated rings. The number of nitrogens with one attached hydrogen (secondary N) is 2. The molecule has 0 aromatic heterocycles. The van der Waals surface area contributed by atoms with Crippen molar-refractivity contribution in [3.63, 3.8) is 0 Å². The van der Waals surface area contributed by atoms with Gasteiger partial charge in [0.15, 0.2) is 0 Å². The molecule has 0 radical (unpaired) electrons. The highest BCUT2D eigenvalue weighted by molar-refractivity contribution is 5.98. The highest BCUT2D eigenvalue weighted by Gasteiger charge is 2.21. The fraction of sp³-hybridized carbons (Fsp3) is 0.440. The van der Waals surface area contributed by atoms with E-state index in [1.165, 1.54) is 0 Å². The van der Waals surface area contributed by atoms with Crippen LogP contribution in [0.25, 0.3) is 0 Å². The molecule has 2 aromatic rings. The summed E-state index contributed by atoms with van der Waals surface area (Å²) in [6.07, 6.45) is 2.08. The summed E-state index contributed by atoms with van der Waals surface area (Å²) in [7, 11) is 0. The Morgan fingerprint density at radius 3 is 2.52 bits per heavy atom. The number of carbonyl (C=O) groups is 2. The first-order valence-electron chi connectivity index (χ1n) is 11.1. The second-order valence-corrected chi connectivity index (χ2v) is 8.69. The highest BCUT2D eigenvalue weighted by atomic mass is 16.5. The summed E-state index contributed by atoms with van der Waals surface area (Å²) < 4.78 is 5.73. The van der Waals surface area contributed by atoms with Crippen LogP contribution < -0.4 is 15.4 Å².